The summed E-state index contributed by atoms with van der Waals surface area (Å²) in [4.78, 5) is 4.04. The number of alkyl halides is 1. The zero-order valence-electron chi connectivity index (χ0n) is 7.37. The Balaban J connectivity index is 2.09. The lowest BCUT2D eigenvalue weighted by atomic mass is 10.3. The van der Waals surface area contributed by atoms with Gasteiger partial charge in [0, 0.05) is 18.1 Å². The van der Waals surface area contributed by atoms with Gasteiger partial charge in [0.25, 0.3) is 0 Å². The molecule has 2 rings (SSSR count). The van der Waals surface area contributed by atoms with Gasteiger partial charge in [-0.1, -0.05) is 11.6 Å². The van der Waals surface area contributed by atoms with Crippen LogP contribution in [-0.4, -0.2) is 24.3 Å². The number of ether oxygens (including phenoxy) is 2. The van der Waals surface area contributed by atoms with Crippen LogP contribution >= 0.6 is 23.2 Å². The summed E-state index contributed by atoms with van der Waals surface area (Å²) < 4.78 is 10.5. The van der Waals surface area contributed by atoms with E-state index in [4.69, 9.17) is 32.7 Å². The second kappa shape index (κ2) is 4.34. The first-order valence-electron chi connectivity index (χ1n) is 4.24. The fraction of sp³-hybridized carbons (Fsp3) is 0.444. The number of hydrogen-bond acceptors (Lipinski definition) is 3. The van der Waals surface area contributed by atoms with Gasteiger partial charge >= 0.3 is 0 Å². The summed E-state index contributed by atoms with van der Waals surface area (Å²) in [5.41, 5.74) is 0.832. The lowest BCUT2D eigenvalue weighted by Crippen LogP contribution is -2.38. The Hall–Kier alpha value is -0.510. The van der Waals surface area contributed by atoms with Crippen molar-refractivity contribution in [3.63, 3.8) is 0 Å². The van der Waals surface area contributed by atoms with Crippen LogP contribution in [0.15, 0.2) is 12.3 Å². The van der Waals surface area contributed by atoms with E-state index in [1.807, 2.05) is 0 Å². The Labute approximate surface area is 91.9 Å². The van der Waals surface area contributed by atoms with Gasteiger partial charge in [-0.3, -0.25) is 0 Å². The predicted octanol–water partition coefficient (Wildman–Crippen LogP) is 2.25. The molecule has 0 atom stereocenters. The predicted molar refractivity (Wildman–Crippen MR) is 54.0 cm³/mol. The van der Waals surface area contributed by atoms with E-state index in [1.165, 1.54) is 0 Å². The maximum absolute atomic E-state index is 5.85. The molecule has 0 bridgehead atoms. The fourth-order valence-corrected chi connectivity index (χ4v) is 1.54. The summed E-state index contributed by atoms with van der Waals surface area (Å²) in [6.45, 7) is 1.25. The molecule has 1 aliphatic heterocycles. The molecular formula is C9H9Cl2NO2. The Bertz CT molecular complexity index is 329. The van der Waals surface area contributed by atoms with E-state index in [1.54, 1.807) is 12.3 Å². The van der Waals surface area contributed by atoms with Gasteiger partial charge in [-0.2, -0.15) is 0 Å². The van der Waals surface area contributed by atoms with Gasteiger partial charge in [-0.25, -0.2) is 4.98 Å². The van der Waals surface area contributed by atoms with Crippen molar-refractivity contribution in [3.05, 3.63) is 22.8 Å². The van der Waals surface area contributed by atoms with Crippen molar-refractivity contribution in [2.45, 2.75) is 12.0 Å². The number of nitrogens with zero attached hydrogens (tertiary/aromatic N) is 1. The van der Waals surface area contributed by atoms with Crippen molar-refractivity contribution in [2.24, 2.45) is 0 Å². The van der Waals surface area contributed by atoms with Crippen LogP contribution in [0.4, 0.5) is 0 Å². The fourth-order valence-electron chi connectivity index (χ4n) is 1.08. The minimum absolute atomic E-state index is 0.117. The van der Waals surface area contributed by atoms with Crippen LogP contribution in [0.3, 0.4) is 0 Å². The minimum Gasteiger partial charge on any atom is -0.469 e. The molecule has 0 spiro atoms. The van der Waals surface area contributed by atoms with E-state index in [0.717, 1.165) is 5.56 Å². The Morgan fingerprint density at radius 2 is 2.36 bits per heavy atom. The largest absolute Gasteiger partial charge is 0.469 e. The van der Waals surface area contributed by atoms with E-state index in [2.05, 4.69) is 4.98 Å². The summed E-state index contributed by atoms with van der Waals surface area (Å²) in [6, 6.07) is 1.76. The first-order chi connectivity index (χ1) is 6.79. The average molecular weight is 234 g/mol. The third kappa shape index (κ3) is 2.11. The molecule has 5 heteroatoms. The van der Waals surface area contributed by atoms with Crippen molar-refractivity contribution in [2.75, 3.05) is 13.2 Å². The quantitative estimate of drug-likeness (QED) is 0.751. The van der Waals surface area contributed by atoms with Crippen molar-refractivity contribution < 1.29 is 9.47 Å². The number of rotatable bonds is 3. The lowest BCUT2D eigenvalue weighted by Gasteiger charge is -2.26. The van der Waals surface area contributed by atoms with E-state index < -0.39 is 0 Å². The molecule has 0 amide bonds. The summed E-state index contributed by atoms with van der Waals surface area (Å²) in [5, 5.41) is 0.567. The van der Waals surface area contributed by atoms with Gasteiger partial charge in [0.1, 0.15) is 6.10 Å². The van der Waals surface area contributed by atoms with E-state index >= 15 is 0 Å². The van der Waals surface area contributed by atoms with Crippen molar-refractivity contribution in [3.8, 4) is 5.88 Å². The summed E-state index contributed by atoms with van der Waals surface area (Å²) in [5.74, 6) is 0.914. The molecule has 1 aromatic heterocycles. The SMILES string of the molecule is ClCc1cc(OC2COC2)ncc1Cl. The van der Waals surface area contributed by atoms with Crippen LogP contribution in [0.2, 0.25) is 5.02 Å². The highest BCUT2D eigenvalue weighted by Gasteiger charge is 2.20. The number of halogens is 2. The van der Waals surface area contributed by atoms with Gasteiger partial charge < -0.3 is 9.47 Å². The molecule has 1 aliphatic rings. The van der Waals surface area contributed by atoms with Gasteiger partial charge in [0.2, 0.25) is 5.88 Å². The number of aromatic nitrogens is 1. The topological polar surface area (TPSA) is 31.4 Å². The average Bonchev–Trinajstić information content (AvgIpc) is 2.14. The second-order valence-electron chi connectivity index (χ2n) is 3.02. The summed E-state index contributed by atoms with van der Waals surface area (Å²) in [6.07, 6.45) is 1.67. The van der Waals surface area contributed by atoms with Crippen molar-refractivity contribution in [1.82, 2.24) is 4.98 Å². The lowest BCUT2D eigenvalue weighted by molar-refractivity contribution is -0.0813. The molecule has 0 N–H and O–H groups in total. The monoisotopic (exact) mass is 233 g/mol. The second-order valence-corrected chi connectivity index (χ2v) is 3.70. The molecule has 2 heterocycles. The maximum Gasteiger partial charge on any atom is 0.214 e. The molecule has 0 aromatic carbocycles. The Morgan fingerprint density at radius 1 is 1.57 bits per heavy atom. The highest BCUT2D eigenvalue weighted by molar-refractivity contribution is 6.32. The van der Waals surface area contributed by atoms with Crippen molar-refractivity contribution in [1.29, 1.82) is 0 Å². The maximum atomic E-state index is 5.85. The molecule has 14 heavy (non-hydrogen) atoms. The smallest absolute Gasteiger partial charge is 0.214 e. The number of pyridine rings is 1. The Morgan fingerprint density at radius 3 is 2.93 bits per heavy atom. The highest BCUT2D eigenvalue weighted by atomic mass is 35.5. The standard InChI is InChI=1S/C9H9Cl2NO2/c10-2-6-1-9(12-3-8(6)11)14-7-4-13-5-7/h1,3,7H,2,4-5H2. The molecule has 76 valence electrons. The zero-order chi connectivity index (χ0) is 9.97. The molecular weight excluding hydrogens is 225 g/mol. The van der Waals surface area contributed by atoms with Crippen LogP contribution in [0.5, 0.6) is 5.88 Å². The molecule has 0 unspecified atom stereocenters. The molecule has 1 fully saturated rings. The van der Waals surface area contributed by atoms with Gasteiger partial charge in [0.05, 0.1) is 18.2 Å². The van der Waals surface area contributed by atoms with E-state index in [-0.39, 0.29) is 6.10 Å². The van der Waals surface area contributed by atoms with Crippen LogP contribution < -0.4 is 4.74 Å². The summed E-state index contributed by atoms with van der Waals surface area (Å²) >= 11 is 11.5. The van der Waals surface area contributed by atoms with Crippen molar-refractivity contribution >= 4 is 23.2 Å². The molecule has 0 radical (unpaired) electrons. The van der Waals surface area contributed by atoms with Crippen LogP contribution in [-0.2, 0) is 10.6 Å². The molecule has 1 aromatic rings. The first kappa shape index (κ1) is 10.0. The van der Waals surface area contributed by atoms with Crippen LogP contribution in [0.1, 0.15) is 5.56 Å². The van der Waals surface area contributed by atoms with Gasteiger partial charge in [0.15, 0.2) is 0 Å². The first-order valence-corrected chi connectivity index (χ1v) is 5.15. The Kier molecular flexibility index (Phi) is 3.11. The van der Waals surface area contributed by atoms with E-state index in [0.29, 0.717) is 30.0 Å². The van der Waals surface area contributed by atoms with E-state index in [9.17, 15) is 0 Å². The van der Waals surface area contributed by atoms with Gasteiger partial charge in [-0.05, 0) is 5.56 Å². The zero-order valence-corrected chi connectivity index (χ0v) is 8.88. The third-order valence-electron chi connectivity index (χ3n) is 1.95. The molecule has 0 aliphatic carbocycles. The molecule has 0 saturated carbocycles. The third-order valence-corrected chi connectivity index (χ3v) is 2.58. The van der Waals surface area contributed by atoms with Gasteiger partial charge in [-0.15, -0.1) is 11.6 Å². The minimum atomic E-state index is 0.117. The normalized spacial score (nSPS) is 16.4. The molecule has 3 nitrogen and oxygen atoms in total. The molecule has 1 saturated heterocycles. The van der Waals surface area contributed by atoms with Crippen LogP contribution in [0.25, 0.3) is 0 Å². The van der Waals surface area contributed by atoms with Crippen LogP contribution in [0, 0.1) is 0 Å². The summed E-state index contributed by atoms with van der Waals surface area (Å²) in [7, 11) is 0. The number of hydrogen-bond donors (Lipinski definition) is 0. The highest BCUT2D eigenvalue weighted by Crippen LogP contribution is 2.22.